The zero-order valence-electron chi connectivity index (χ0n) is 15.5. The smallest absolute Gasteiger partial charge is 0.230 e. The molecule has 5 rings (SSSR count). The molecule has 0 unspecified atom stereocenters. The predicted molar refractivity (Wildman–Crippen MR) is 97.9 cm³/mol. The van der Waals surface area contributed by atoms with Gasteiger partial charge in [-0.1, -0.05) is 24.3 Å². The lowest BCUT2D eigenvalue weighted by Gasteiger charge is -2.27. The van der Waals surface area contributed by atoms with E-state index in [1.165, 1.54) is 0 Å². The molecule has 3 saturated heterocycles. The highest BCUT2D eigenvalue weighted by molar-refractivity contribution is 5.93. The molecule has 2 amide bonds. The highest BCUT2D eigenvalue weighted by atomic mass is 16.5. The second-order valence-corrected chi connectivity index (χ2v) is 7.98. The van der Waals surface area contributed by atoms with Crippen LogP contribution in [0.5, 0.6) is 5.75 Å². The first kappa shape index (κ1) is 16.8. The van der Waals surface area contributed by atoms with Gasteiger partial charge in [0.05, 0.1) is 31.6 Å². The second kappa shape index (κ2) is 6.09. The minimum atomic E-state index is -0.638. The van der Waals surface area contributed by atoms with Crippen LogP contribution in [0.2, 0.25) is 0 Å². The monoisotopic (exact) mass is 368 g/mol. The fourth-order valence-corrected chi connectivity index (χ4v) is 5.13. The van der Waals surface area contributed by atoms with Crippen LogP contribution in [0.4, 0.5) is 0 Å². The molecule has 4 atom stereocenters. The molecule has 1 aromatic carbocycles. The molecule has 4 aliphatic heterocycles. The van der Waals surface area contributed by atoms with Crippen molar-refractivity contribution < 1.29 is 19.1 Å². The summed E-state index contributed by atoms with van der Waals surface area (Å²) in [6.07, 6.45) is 5.83. The van der Waals surface area contributed by atoms with E-state index in [2.05, 4.69) is 0 Å². The maximum atomic E-state index is 13.3. The molecule has 1 aromatic rings. The summed E-state index contributed by atoms with van der Waals surface area (Å²) in [5, 5.41) is 0. The number of nitrogens with zero attached hydrogens (tertiary/aromatic N) is 2. The van der Waals surface area contributed by atoms with E-state index in [1.807, 2.05) is 46.2 Å². The Morgan fingerprint density at radius 2 is 2.15 bits per heavy atom. The van der Waals surface area contributed by atoms with Crippen LogP contribution in [0, 0.1) is 11.8 Å². The molecule has 6 heteroatoms. The maximum absolute atomic E-state index is 13.3. The van der Waals surface area contributed by atoms with Crippen LogP contribution in [0.15, 0.2) is 36.4 Å². The Balaban J connectivity index is 1.39. The lowest BCUT2D eigenvalue weighted by Crippen LogP contribution is -2.45. The zero-order chi connectivity index (χ0) is 18.6. The summed E-state index contributed by atoms with van der Waals surface area (Å²) in [7, 11) is 1.63. The topological polar surface area (TPSA) is 59.1 Å². The van der Waals surface area contributed by atoms with E-state index in [9.17, 15) is 9.59 Å². The molecule has 0 radical (unpaired) electrons. The minimum absolute atomic E-state index is 0.0298. The number of carbonyl (C=O) groups is 2. The Bertz CT molecular complexity index is 816. The van der Waals surface area contributed by atoms with Crippen molar-refractivity contribution in [1.29, 1.82) is 0 Å². The fraction of sp³-hybridized carbons (Fsp3) is 0.524. The largest absolute Gasteiger partial charge is 0.497 e. The molecule has 1 spiro atoms. The van der Waals surface area contributed by atoms with Crippen molar-refractivity contribution in [3.05, 3.63) is 42.0 Å². The number of hydrogen-bond acceptors (Lipinski definition) is 4. The van der Waals surface area contributed by atoms with Crippen molar-refractivity contribution in [1.82, 2.24) is 9.80 Å². The van der Waals surface area contributed by atoms with Crippen LogP contribution in [0.25, 0.3) is 0 Å². The van der Waals surface area contributed by atoms with Gasteiger partial charge in [0.15, 0.2) is 0 Å². The van der Waals surface area contributed by atoms with Crippen molar-refractivity contribution >= 4 is 11.8 Å². The Morgan fingerprint density at radius 3 is 2.93 bits per heavy atom. The number of rotatable bonds is 4. The molecule has 4 aliphatic rings. The Kier molecular flexibility index (Phi) is 3.79. The molecular weight excluding hydrogens is 344 g/mol. The SMILES string of the molecule is COc1cccc(CN2C[C@]34C=C[C@H](O3)[C@@H](C(=O)N3CCCC3)[C@H]4C2=O)c1. The molecule has 2 bridgehead atoms. The highest BCUT2D eigenvalue weighted by Gasteiger charge is 2.67. The van der Waals surface area contributed by atoms with Gasteiger partial charge in [-0.3, -0.25) is 9.59 Å². The van der Waals surface area contributed by atoms with Crippen LogP contribution < -0.4 is 4.74 Å². The maximum Gasteiger partial charge on any atom is 0.230 e. The first-order valence-corrected chi connectivity index (χ1v) is 9.69. The quantitative estimate of drug-likeness (QED) is 0.758. The number of carbonyl (C=O) groups excluding carboxylic acids is 2. The van der Waals surface area contributed by atoms with Gasteiger partial charge < -0.3 is 19.3 Å². The van der Waals surface area contributed by atoms with Crippen LogP contribution >= 0.6 is 0 Å². The van der Waals surface area contributed by atoms with Crippen LogP contribution in [-0.4, -0.2) is 60.1 Å². The van der Waals surface area contributed by atoms with E-state index in [0.29, 0.717) is 13.1 Å². The summed E-state index contributed by atoms with van der Waals surface area (Å²) in [6.45, 7) is 2.60. The summed E-state index contributed by atoms with van der Waals surface area (Å²) in [6, 6.07) is 7.75. The third-order valence-corrected chi connectivity index (χ3v) is 6.39. The van der Waals surface area contributed by atoms with E-state index in [0.717, 1.165) is 37.2 Å². The van der Waals surface area contributed by atoms with Gasteiger partial charge in [-0.2, -0.15) is 0 Å². The molecule has 142 valence electrons. The van der Waals surface area contributed by atoms with Crippen LogP contribution in [-0.2, 0) is 20.9 Å². The minimum Gasteiger partial charge on any atom is -0.497 e. The van der Waals surface area contributed by atoms with E-state index >= 15 is 0 Å². The van der Waals surface area contributed by atoms with Gasteiger partial charge in [0.1, 0.15) is 11.4 Å². The summed E-state index contributed by atoms with van der Waals surface area (Å²) in [5.74, 6) is 0.117. The van der Waals surface area contributed by atoms with Crippen LogP contribution in [0.1, 0.15) is 18.4 Å². The normalized spacial score (nSPS) is 33.8. The van der Waals surface area contributed by atoms with Crippen molar-refractivity contribution in [2.45, 2.75) is 31.1 Å². The molecule has 4 heterocycles. The summed E-state index contributed by atoms with van der Waals surface area (Å²) in [4.78, 5) is 30.1. The van der Waals surface area contributed by atoms with Crippen molar-refractivity contribution in [2.24, 2.45) is 11.8 Å². The first-order chi connectivity index (χ1) is 13.1. The second-order valence-electron chi connectivity index (χ2n) is 7.98. The van der Waals surface area contributed by atoms with Crippen molar-refractivity contribution in [3.63, 3.8) is 0 Å². The van der Waals surface area contributed by atoms with Crippen molar-refractivity contribution in [3.8, 4) is 5.75 Å². The Morgan fingerprint density at radius 1 is 1.33 bits per heavy atom. The highest BCUT2D eigenvalue weighted by Crippen LogP contribution is 2.52. The first-order valence-electron chi connectivity index (χ1n) is 9.69. The summed E-state index contributed by atoms with van der Waals surface area (Å²) in [5.41, 5.74) is 0.376. The van der Waals surface area contributed by atoms with Crippen LogP contribution in [0.3, 0.4) is 0 Å². The lowest BCUT2D eigenvalue weighted by atomic mass is 9.76. The molecule has 0 saturated carbocycles. The lowest BCUT2D eigenvalue weighted by molar-refractivity contribution is -0.142. The van der Waals surface area contributed by atoms with E-state index < -0.39 is 11.5 Å². The van der Waals surface area contributed by atoms with Gasteiger partial charge in [-0.15, -0.1) is 0 Å². The number of benzene rings is 1. The average molecular weight is 368 g/mol. The third kappa shape index (κ3) is 2.50. The number of ether oxygens (including phenoxy) is 2. The third-order valence-electron chi connectivity index (χ3n) is 6.39. The standard InChI is InChI=1S/C21H24N2O4/c1-26-15-6-4-5-14(11-15)12-23-13-21-8-7-16(27-21)17(18(21)20(23)25)19(24)22-9-2-3-10-22/h4-8,11,16-18H,2-3,9-10,12-13H2,1H3/t16-,17+,18-,21-/m0/s1. The number of likely N-dealkylation sites (tertiary alicyclic amines) is 2. The number of methoxy groups -OCH3 is 1. The van der Waals surface area contributed by atoms with Gasteiger partial charge in [0, 0.05) is 19.6 Å². The molecule has 3 fully saturated rings. The molecule has 0 aromatic heterocycles. The molecular formula is C21H24N2O4. The van der Waals surface area contributed by atoms with E-state index in [-0.39, 0.29) is 23.8 Å². The van der Waals surface area contributed by atoms with E-state index in [1.54, 1.807) is 7.11 Å². The van der Waals surface area contributed by atoms with Gasteiger partial charge in [0.25, 0.3) is 0 Å². The number of fused-ring (bicyclic) bond motifs is 1. The van der Waals surface area contributed by atoms with Gasteiger partial charge >= 0.3 is 0 Å². The van der Waals surface area contributed by atoms with Gasteiger partial charge in [-0.05, 0) is 30.5 Å². The number of hydrogen-bond donors (Lipinski definition) is 0. The number of amides is 2. The Hall–Kier alpha value is -2.34. The average Bonchev–Trinajstić information content (AvgIpc) is 3.44. The fourth-order valence-electron chi connectivity index (χ4n) is 5.13. The van der Waals surface area contributed by atoms with E-state index in [4.69, 9.17) is 9.47 Å². The summed E-state index contributed by atoms with van der Waals surface area (Å²) < 4.78 is 11.5. The zero-order valence-corrected chi connectivity index (χ0v) is 15.5. The van der Waals surface area contributed by atoms with Gasteiger partial charge in [0.2, 0.25) is 11.8 Å². The van der Waals surface area contributed by atoms with Gasteiger partial charge in [-0.25, -0.2) is 0 Å². The predicted octanol–water partition coefficient (Wildman–Crippen LogP) is 1.60. The summed E-state index contributed by atoms with van der Waals surface area (Å²) >= 11 is 0. The Labute approximate surface area is 158 Å². The molecule has 6 nitrogen and oxygen atoms in total. The molecule has 27 heavy (non-hydrogen) atoms. The molecule has 0 N–H and O–H groups in total. The van der Waals surface area contributed by atoms with Crippen molar-refractivity contribution in [2.75, 3.05) is 26.7 Å². The molecule has 0 aliphatic carbocycles.